The van der Waals surface area contributed by atoms with Crippen molar-refractivity contribution < 1.29 is 27.5 Å². The molecule has 1 aromatic heterocycles. The molecule has 0 spiro atoms. The summed E-state index contributed by atoms with van der Waals surface area (Å²) in [6, 6.07) is 4.10. The Kier molecular flexibility index (Phi) is 6.32. The van der Waals surface area contributed by atoms with E-state index < -0.39 is 45.1 Å². The lowest BCUT2D eigenvalue weighted by atomic mass is 9.95. The number of likely N-dealkylation sites (N-methyl/N-ethyl adjacent to an activating group) is 1. The van der Waals surface area contributed by atoms with Crippen molar-refractivity contribution >= 4 is 33.4 Å². The molecule has 1 aliphatic carbocycles. The zero-order valence-electron chi connectivity index (χ0n) is 20.3. The van der Waals surface area contributed by atoms with Gasteiger partial charge in [-0.3, -0.25) is 19.0 Å². The average Bonchev–Trinajstić information content (AvgIpc) is 3.63. The van der Waals surface area contributed by atoms with Crippen LogP contribution in [0.15, 0.2) is 23.0 Å². The summed E-state index contributed by atoms with van der Waals surface area (Å²) >= 11 is 5.86. The number of hydrogen-bond donors (Lipinski definition) is 1. The minimum atomic E-state index is -3.47. The van der Waals surface area contributed by atoms with Gasteiger partial charge in [-0.2, -0.15) is 0 Å². The lowest BCUT2D eigenvalue weighted by molar-refractivity contribution is 0.0657. The van der Waals surface area contributed by atoms with Crippen LogP contribution in [0.2, 0.25) is 5.02 Å². The van der Waals surface area contributed by atoms with Gasteiger partial charge in [-0.15, -0.1) is 0 Å². The number of benzene rings is 1. The molecule has 1 aromatic carbocycles. The number of halogens is 2. The van der Waals surface area contributed by atoms with Crippen molar-refractivity contribution in [2.45, 2.75) is 32.0 Å². The molecule has 1 N–H and O–H groups in total. The number of aromatic hydroxyl groups is 1. The van der Waals surface area contributed by atoms with E-state index in [4.69, 9.17) is 11.6 Å². The van der Waals surface area contributed by atoms with Gasteiger partial charge in [0.05, 0.1) is 16.8 Å². The molecular formula is C24H26ClFN4O6S. The van der Waals surface area contributed by atoms with Crippen molar-refractivity contribution in [2.24, 2.45) is 5.92 Å². The Morgan fingerprint density at radius 3 is 2.51 bits per heavy atom. The predicted molar refractivity (Wildman–Crippen MR) is 132 cm³/mol. The highest BCUT2D eigenvalue weighted by Crippen LogP contribution is 2.46. The smallest absolute Gasteiger partial charge is 0.295 e. The van der Waals surface area contributed by atoms with E-state index in [1.165, 1.54) is 39.6 Å². The fourth-order valence-corrected chi connectivity index (χ4v) is 5.72. The molecule has 1 atom stereocenters. The number of carbonyl (C=O) groups excluding carboxylic acids is 2. The molecule has 2 amide bonds. The van der Waals surface area contributed by atoms with Crippen molar-refractivity contribution in [3.8, 4) is 5.75 Å². The highest BCUT2D eigenvalue weighted by atomic mass is 35.5. The molecule has 0 saturated heterocycles. The second-order valence-corrected chi connectivity index (χ2v) is 12.3. The Balaban J connectivity index is 1.51. The Labute approximate surface area is 217 Å². The summed E-state index contributed by atoms with van der Waals surface area (Å²) in [6.45, 7) is 0.395. The Morgan fingerprint density at radius 2 is 1.89 bits per heavy atom. The van der Waals surface area contributed by atoms with E-state index in [-0.39, 0.29) is 54.8 Å². The first kappa shape index (κ1) is 25.7. The molecule has 0 unspecified atom stereocenters. The minimum absolute atomic E-state index is 0.00269. The summed E-state index contributed by atoms with van der Waals surface area (Å²) in [4.78, 5) is 43.3. The van der Waals surface area contributed by atoms with Crippen LogP contribution in [0.5, 0.6) is 5.75 Å². The van der Waals surface area contributed by atoms with E-state index in [1.807, 2.05) is 0 Å². The Morgan fingerprint density at radius 1 is 1.19 bits per heavy atom. The standard InChI is InChI=1S/C24H26ClFN4O6S/c1-27(37(2,35)36)9-10-29-21(14-4-5-14)30-19(23(29)33)15-7-8-28(22(32)18(15)20(31)24(30)34)12-13-3-6-17(26)16(25)11-13/h3,6,11,14,21,31H,4-5,7-10,12H2,1-2H3/t21-/m0/s1. The summed E-state index contributed by atoms with van der Waals surface area (Å²) in [5.41, 5.74) is -0.0574. The number of pyridine rings is 1. The van der Waals surface area contributed by atoms with Crippen molar-refractivity contribution in [3.05, 3.63) is 61.8 Å². The molecule has 0 radical (unpaired) electrons. The van der Waals surface area contributed by atoms with Gasteiger partial charge in [-0.25, -0.2) is 17.1 Å². The lowest BCUT2D eigenvalue weighted by Crippen LogP contribution is -2.40. The SMILES string of the molecule is CN(CCN1C(=O)c2c3c(c(O)c(=O)n2[C@H]1C1CC1)C(=O)N(Cc1ccc(F)c(Cl)c1)CC3)S(C)(=O)=O. The van der Waals surface area contributed by atoms with E-state index in [0.29, 0.717) is 11.1 Å². The fraction of sp³-hybridized carbons (Fsp3) is 0.458. The van der Waals surface area contributed by atoms with Gasteiger partial charge in [0.25, 0.3) is 17.4 Å². The maximum absolute atomic E-state index is 13.6. The first-order valence-corrected chi connectivity index (χ1v) is 14.1. The van der Waals surface area contributed by atoms with Crippen LogP contribution in [0, 0.1) is 11.7 Å². The number of carbonyl (C=O) groups is 2. The van der Waals surface area contributed by atoms with Crippen LogP contribution in [-0.2, 0) is 23.0 Å². The molecule has 10 nitrogen and oxygen atoms in total. The predicted octanol–water partition coefficient (Wildman–Crippen LogP) is 1.80. The molecule has 3 heterocycles. The van der Waals surface area contributed by atoms with Gasteiger partial charge < -0.3 is 14.9 Å². The minimum Gasteiger partial charge on any atom is -0.502 e. The van der Waals surface area contributed by atoms with Crippen LogP contribution >= 0.6 is 11.6 Å². The molecule has 37 heavy (non-hydrogen) atoms. The van der Waals surface area contributed by atoms with Crippen molar-refractivity contribution in [2.75, 3.05) is 32.9 Å². The van der Waals surface area contributed by atoms with Crippen LogP contribution in [0.4, 0.5) is 4.39 Å². The number of nitrogens with zero attached hydrogens (tertiary/aromatic N) is 4. The summed E-state index contributed by atoms with van der Waals surface area (Å²) in [6.07, 6.45) is 2.22. The number of hydrogen-bond acceptors (Lipinski definition) is 6. The molecule has 1 fully saturated rings. The lowest BCUT2D eigenvalue weighted by Gasteiger charge is -2.30. The Bertz CT molecular complexity index is 1490. The fourth-order valence-electron chi connectivity index (χ4n) is 5.11. The maximum atomic E-state index is 13.6. The van der Waals surface area contributed by atoms with Crippen molar-refractivity contribution in [1.29, 1.82) is 0 Å². The largest absolute Gasteiger partial charge is 0.502 e. The highest BCUT2D eigenvalue weighted by Gasteiger charge is 2.49. The van der Waals surface area contributed by atoms with Gasteiger partial charge >= 0.3 is 0 Å². The third-order valence-corrected chi connectivity index (χ3v) is 8.89. The van der Waals surface area contributed by atoms with Gasteiger partial charge in [0, 0.05) is 38.8 Å². The summed E-state index contributed by atoms with van der Waals surface area (Å²) < 4.78 is 39.7. The van der Waals surface area contributed by atoms with E-state index in [2.05, 4.69) is 0 Å². The number of fused-ring (bicyclic) bond motifs is 3. The average molecular weight is 553 g/mol. The summed E-state index contributed by atoms with van der Waals surface area (Å²) in [5.74, 6) is -2.36. The zero-order chi connectivity index (χ0) is 26.8. The van der Waals surface area contributed by atoms with Crippen molar-refractivity contribution in [1.82, 2.24) is 18.7 Å². The summed E-state index contributed by atoms with van der Waals surface area (Å²) in [5, 5.41) is 10.8. The van der Waals surface area contributed by atoms with Gasteiger partial charge in [0.2, 0.25) is 10.0 Å². The van der Waals surface area contributed by atoms with Crippen LogP contribution in [0.1, 0.15) is 51.0 Å². The molecule has 3 aliphatic rings. The number of aromatic nitrogens is 1. The quantitative estimate of drug-likeness (QED) is 0.559. The molecule has 1 saturated carbocycles. The normalized spacial score (nSPS) is 19.5. The Hall–Kier alpha value is -2.96. The van der Waals surface area contributed by atoms with Crippen LogP contribution < -0.4 is 5.56 Å². The summed E-state index contributed by atoms with van der Waals surface area (Å²) in [7, 11) is -2.05. The van der Waals surface area contributed by atoms with Gasteiger partial charge in [0.1, 0.15) is 17.7 Å². The van der Waals surface area contributed by atoms with Crippen LogP contribution in [-0.4, -0.2) is 76.9 Å². The molecule has 13 heteroatoms. The van der Waals surface area contributed by atoms with Crippen molar-refractivity contribution in [3.63, 3.8) is 0 Å². The third kappa shape index (κ3) is 4.40. The van der Waals surface area contributed by atoms with Crippen LogP contribution in [0.25, 0.3) is 0 Å². The van der Waals surface area contributed by atoms with Gasteiger partial charge in [-0.1, -0.05) is 17.7 Å². The maximum Gasteiger partial charge on any atom is 0.295 e. The van der Waals surface area contributed by atoms with E-state index in [9.17, 15) is 32.3 Å². The number of amides is 2. The number of sulfonamides is 1. The molecule has 198 valence electrons. The zero-order valence-corrected chi connectivity index (χ0v) is 21.9. The second-order valence-electron chi connectivity index (χ2n) is 9.79. The first-order valence-electron chi connectivity index (χ1n) is 11.9. The van der Waals surface area contributed by atoms with Crippen LogP contribution in [0.3, 0.4) is 0 Å². The van der Waals surface area contributed by atoms with E-state index in [1.54, 1.807) is 0 Å². The first-order chi connectivity index (χ1) is 17.4. The topological polar surface area (TPSA) is 120 Å². The van der Waals surface area contributed by atoms with E-state index in [0.717, 1.165) is 23.4 Å². The number of rotatable bonds is 7. The molecule has 5 rings (SSSR count). The molecule has 2 aliphatic heterocycles. The molecule has 0 bridgehead atoms. The second kappa shape index (κ2) is 9.10. The van der Waals surface area contributed by atoms with E-state index >= 15 is 0 Å². The third-order valence-electron chi connectivity index (χ3n) is 7.29. The highest BCUT2D eigenvalue weighted by molar-refractivity contribution is 7.88. The molecular weight excluding hydrogens is 527 g/mol. The van der Waals surface area contributed by atoms with Gasteiger partial charge in [0.15, 0.2) is 5.75 Å². The molecule has 2 aromatic rings. The monoisotopic (exact) mass is 552 g/mol. The van der Waals surface area contributed by atoms with Gasteiger partial charge in [-0.05, 0) is 42.9 Å².